The highest BCUT2D eigenvalue weighted by molar-refractivity contribution is 7.20. The summed E-state index contributed by atoms with van der Waals surface area (Å²) in [5.74, 6) is 0. The number of nitrogens with zero attached hydrogens (tertiary/aromatic N) is 1. The maximum absolute atomic E-state index is 2.72. The molecule has 8 aromatic rings. The molecule has 0 amide bonds. The van der Waals surface area contributed by atoms with E-state index in [4.69, 9.17) is 0 Å². The smallest absolute Gasteiger partial charge is 0.179 e. The van der Waals surface area contributed by atoms with Crippen LogP contribution >= 0.6 is 0 Å². The Kier molecular flexibility index (Phi) is 7.26. The normalized spacial score (nSPS) is 11.5. The molecule has 0 radical (unpaired) electrons. The predicted octanol–water partition coefficient (Wildman–Crippen LogP) is 8.84. The van der Waals surface area contributed by atoms with Gasteiger partial charge in [0, 0.05) is 17.1 Å². The van der Waals surface area contributed by atoms with E-state index in [0.29, 0.717) is 0 Å². The first kappa shape index (κ1) is 27.8. The minimum Gasteiger partial charge on any atom is -0.311 e. The minimum absolute atomic E-state index is 1.13. The van der Waals surface area contributed by atoms with Crippen LogP contribution in [0.2, 0.25) is 0 Å². The van der Waals surface area contributed by atoms with Crippen molar-refractivity contribution in [3.63, 3.8) is 0 Å². The van der Waals surface area contributed by atoms with Crippen LogP contribution in [0.1, 0.15) is 0 Å². The zero-order valence-corrected chi connectivity index (χ0v) is 26.5. The molecule has 46 heavy (non-hydrogen) atoms. The second kappa shape index (κ2) is 12.0. The highest BCUT2D eigenvalue weighted by Crippen LogP contribution is 2.34. The van der Waals surface area contributed by atoms with Crippen molar-refractivity contribution in [2.45, 2.75) is 0 Å². The van der Waals surface area contributed by atoms with Crippen LogP contribution in [0.25, 0.3) is 21.5 Å². The Morgan fingerprint density at radius 1 is 0.283 bits per heavy atom. The third kappa shape index (κ3) is 4.80. The highest BCUT2D eigenvalue weighted by atomic mass is 28.3. The van der Waals surface area contributed by atoms with E-state index < -0.39 is 8.07 Å². The molecular formula is C44H33NSi. The number of fused-ring (bicyclic) bond motifs is 3. The Bertz CT molecular complexity index is 2150. The zero-order chi connectivity index (χ0) is 30.8. The van der Waals surface area contributed by atoms with Crippen LogP contribution in [0.4, 0.5) is 17.1 Å². The van der Waals surface area contributed by atoms with E-state index in [1.54, 1.807) is 0 Å². The van der Waals surface area contributed by atoms with Crippen molar-refractivity contribution >= 4 is 67.4 Å². The van der Waals surface area contributed by atoms with Gasteiger partial charge in [0.25, 0.3) is 0 Å². The molecule has 0 bridgehead atoms. The molecule has 8 rings (SSSR count). The van der Waals surface area contributed by atoms with Crippen LogP contribution in [0.5, 0.6) is 0 Å². The van der Waals surface area contributed by atoms with Gasteiger partial charge in [-0.25, -0.2) is 0 Å². The predicted molar refractivity (Wildman–Crippen MR) is 200 cm³/mol. The lowest BCUT2D eigenvalue weighted by Gasteiger charge is -2.35. The van der Waals surface area contributed by atoms with Crippen LogP contribution in [0.15, 0.2) is 200 Å². The van der Waals surface area contributed by atoms with Gasteiger partial charge in [-0.05, 0) is 78.7 Å². The van der Waals surface area contributed by atoms with Gasteiger partial charge < -0.3 is 4.90 Å². The molecule has 0 aromatic heterocycles. The van der Waals surface area contributed by atoms with Gasteiger partial charge >= 0.3 is 0 Å². The number of hydrogen-bond donors (Lipinski definition) is 0. The summed E-state index contributed by atoms with van der Waals surface area (Å²) >= 11 is 0. The van der Waals surface area contributed by atoms with Crippen molar-refractivity contribution in [3.05, 3.63) is 200 Å². The average Bonchev–Trinajstić information content (AvgIpc) is 3.14. The van der Waals surface area contributed by atoms with Crippen LogP contribution in [-0.2, 0) is 0 Å². The van der Waals surface area contributed by atoms with Gasteiger partial charge in [0.2, 0.25) is 0 Å². The molecule has 0 aliphatic carbocycles. The lowest BCUT2D eigenvalue weighted by molar-refractivity contribution is 1.28. The molecule has 218 valence electrons. The number of anilines is 3. The fraction of sp³-hybridized carbons (Fsp3) is 0. The second-order valence-electron chi connectivity index (χ2n) is 11.8. The van der Waals surface area contributed by atoms with Gasteiger partial charge in [0.15, 0.2) is 8.07 Å². The Morgan fingerprint density at radius 2 is 0.696 bits per heavy atom. The molecule has 0 unspecified atom stereocenters. The number of para-hydroxylation sites is 2. The lowest BCUT2D eigenvalue weighted by Crippen LogP contribution is -2.74. The van der Waals surface area contributed by atoms with E-state index in [2.05, 4.69) is 205 Å². The van der Waals surface area contributed by atoms with Crippen molar-refractivity contribution in [1.29, 1.82) is 0 Å². The first-order valence-corrected chi connectivity index (χ1v) is 17.9. The summed E-state index contributed by atoms with van der Waals surface area (Å²) in [6, 6.07) is 73.4. The molecule has 0 atom stereocenters. The molecule has 0 spiro atoms. The third-order valence-corrected chi connectivity index (χ3v) is 14.0. The van der Waals surface area contributed by atoms with Gasteiger partial charge in [-0.2, -0.15) is 0 Å². The fourth-order valence-corrected chi connectivity index (χ4v) is 11.8. The first-order valence-electron chi connectivity index (χ1n) is 15.9. The lowest BCUT2D eigenvalue weighted by atomic mass is 10.0. The molecule has 0 saturated heterocycles. The van der Waals surface area contributed by atoms with E-state index in [0.717, 1.165) is 17.1 Å². The molecular weight excluding hydrogens is 571 g/mol. The van der Waals surface area contributed by atoms with E-state index in [-0.39, 0.29) is 0 Å². The molecule has 0 aliphatic rings. The Hall–Kier alpha value is -5.70. The van der Waals surface area contributed by atoms with Gasteiger partial charge in [0.1, 0.15) is 0 Å². The van der Waals surface area contributed by atoms with Gasteiger partial charge in [-0.1, -0.05) is 164 Å². The van der Waals surface area contributed by atoms with Crippen molar-refractivity contribution in [2.24, 2.45) is 0 Å². The van der Waals surface area contributed by atoms with Crippen molar-refractivity contribution in [2.75, 3.05) is 4.90 Å². The molecule has 0 saturated carbocycles. The fourth-order valence-electron chi connectivity index (χ4n) is 7.08. The molecule has 2 heteroatoms. The monoisotopic (exact) mass is 603 g/mol. The summed E-state index contributed by atoms with van der Waals surface area (Å²) < 4.78 is 0. The summed E-state index contributed by atoms with van der Waals surface area (Å²) in [7, 11) is -2.72. The van der Waals surface area contributed by atoms with Gasteiger partial charge in [0.05, 0.1) is 0 Å². The molecule has 8 aromatic carbocycles. The van der Waals surface area contributed by atoms with E-state index >= 15 is 0 Å². The largest absolute Gasteiger partial charge is 0.311 e. The molecule has 0 N–H and O–H groups in total. The second-order valence-corrected chi connectivity index (χ2v) is 15.6. The molecule has 0 aliphatic heterocycles. The topological polar surface area (TPSA) is 3.24 Å². The van der Waals surface area contributed by atoms with E-state index in [9.17, 15) is 0 Å². The molecule has 1 nitrogen and oxygen atoms in total. The number of rotatable bonds is 7. The summed E-state index contributed by atoms with van der Waals surface area (Å²) in [5, 5.41) is 10.6. The summed E-state index contributed by atoms with van der Waals surface area (Å²) in [6.07, 6.45) is 0. The van der Waals surface area contributed by atoms with Crippen molar-refractivity contribution < 1.29 is 0 Å². The quantitative estimate of drug-likeness (QED) is 0.1000. The maximum Gasteiger partial charge on any atom is 0.179 e. The molecule has 0 fully saturated rings. The van der Waals surface area contributed by atoms with Crippen LogP contribution < -0.4 is 25.6 Å². The SMILES string of the molecule is c1ccc(N(c2ccccc2)c2ccc([Si](c3ccccc3)(c3ccccc3)c3ccc4c(ccc5ccccc54)c3)cc2)cc1. The first-order chi connectivity index (χ1) is 22.8. The Balaban J connectivity index is 1.37. The van der Waals surface area contributed by atoms with Crippen LogP contribution in [0.3, 0.4) is 0 Å². The number of benzene rings is 8. The summed E-state index contributed by atoms with van der Waals surface area (Å²) in [4.78, 5) is 2.33. The minimum atomic E-state index is -2.72. The van der Waals surface area contributed by atoms with Crippen LogP contribution in [-0.4, -0.2) is 8.07 Å². The Labute approximate surface area is 271 Å². The standard InChI is InChI=1S/C44H33NSi/c1-5-16-36(17-6-1)45(37-18-7-2-8-19-37)38-27-29-41(30-28-38)46(39-20-9-3-10-21-39,40-22-11-4-12-23-40)42-31-32-44-35(33-42)26-25-34-15-13-14-24-43(34)44/h1-33H. The van der Waals surface area contributed by atoms with Crippen molar-refractivity contribution in [1.82, 2.24) is 0 Å². The van der Waals surface area contributed by atoms with Crippen molar-refractivity contribution in [3.8, 4) is 0 Å². The maximum atomic E-state index is 2.46. The molecule has 0 heterocycles. The zero-order valence-electron chi connectivity index (χ0n) is 25.5. The third-order valence-electron chi connectivity index (χ3n) is 9.18. The summed E-state index contributed by atoms with van der Waals surface area (Å²) in [6.45, 7) is 0. The van der Waals surface area contributed by atoms with Gasteiger partial charge in [-0.3, -0.25) is 0 Å². The highest BCUT2D eigenvalue weighted by Gasteiger charge is 2.41. The number of hydrogen-bond acceptors (Lipinski definition) is 1. The van der Waals surface area contributed by atoms with Crippen LogP contribution in [0, 0.1) is 0 Å². The Morgan fingerprint density at radius 3 is 1.28 bits per heavy atom. The summed E-state index contributed by atoms with van der Waals surface area (Å²) in [5.41, 5.74) is 3.41. The van der Waals surface area contributed by atoms with E-state index in [1.165, 1.54) is 42.3 Å². The average molecular weight is 604 g/mol. The van der Waals surface area contributed by atoms with Gasteiger partial charge in [-0.15, -0.1) is 0 Å². The van der Waals surface area contributed by atoms with E-state index in [1.807, 2.05) is 0 Å².